The van der Waals surface area contributed by atoms with Crippen LogP contribution in [0.5, 0.6) is 0 Å². The summed E-state index contributed by atoms with van der Waals surface area (Å²) in [6, 6.07) is 9.12. The lowest BCUT2D eigenvalue weighted by Gasteiger charge is -2.40. The van der Waals surface area contributed by atoms with Crippen molar-refractivity contribution < 1.29 is 4.74 Å². The first-order chi connectivity index (χ1) is 18.7. The SMILES string of the molecule is Cn1c(CN2CCN(C3CCSCC3)CC2)nc2c(N3CCOCC3)nc(-c3c[nH]c4ccccc34)nc21. The van der Waals surface area contributed by atoms with Crippen molar-refractivity contribution >= 4 is 39.6 Å². The predicted octanol–water partition coefficient (Wildman–Crippen LogP) is 3.36. The molecule has 3 aromatic heterocycles. The Bertz CT molecular complexity index is 1410. The second-order valence-electron chi connectivity index (χ2n) is 10.6. The van der Waals surface area contributed by atoms with Gasteiger partial charge >= 0.3 is 0 Å². The van der Waals surface area contributed by atoms with Gasteiger partial charge in [-0.1, -0.05) is 18.2 Å². The van der Waals surface area contributed by atoms with E-state index in [2.05, 4.69) is 61.3 Å². The topological polar surface area (TPSA) is 78.3 Å². The molecule has 0 unspecified atom stereocenters. The summed E-state index contributed by atoms with van der Waals surface area (Å²) in [7, 11) is 2.11. The number of morpholine rings is 1. The van der Waals surface area contributed by atoms with E-state index in [1.54, 1.807) is 0 Å². The van der Waals surface area contributed by atoms with Crippen LogP contribution in [0.2, 0.25) is 0 Å². The van der Waals surface area contributed by atoms with E-state index in [-0.39, 0.29) is 0 Å². The number of benzene rings is 1. The van der Waals surface area contributed by atoms with E-state index in [9.17, 15) is 0 Å². The number of H-pyrrole nitrogens is 1. The molecule has 0 aliphatic carbocycles. The molecule has 38 heavy (non-hydrogen) atoms. The van der Waals surface area contributed by atoms with E-state index in [1.165, 1.54) is 24.3 Å². The normalized spacial score (nSPS) is 20.6. The minimum atomic E-state index is 0.706. The zero-order chi connectivity index (χ0) is 25.5. The number of imidazole rings is 1. The van der Waals surface area contributed by atoms with Crippen LogP contribution in [-0.2, 0) is 18.3 Å². The van der Waals surface area contributed by atoms with Crippen molar-refractivity contribution in [3.8, 4) is 11.4 Å². The molecule has 3 aliphatic heterocycles. The Morgan fingerprint density at radius 2 is 1.76 bits per heavy atom. The fourth-order valence-electron chi connectivity index (χ4n) is 6.14. The van der Waals surface area contributed by atoms with Gasteiger partial charge in [-0.25, -0.2) is 15.0 Å². The smallest absolute Gasteiger partial charge is 0.166 e. The molecule has 9 nitrogen and oxygen atoms in total. The van der Waals surface area contributed by atoms with Crippen LogP contribution in [0.4, 0.5) is 5.82 Å². The lowest BCUT2D eigenvalue weighted by molar-refractivity contribution is 0.0861. The van der Waals surface area contributed by atoms with Gasteiger partial charge in [0, 0.05) is 75.0 Å². The van der Waals surface area contributed by atoms with Gasteiger partial charge in [0.2, 0.25) is 0 Å². The Kier molecular flexibility index (Phi) is 6.73. The molecule has 0 spiro atoms. The quantitative estimate of drug-likeness (QED) is 0.419. The number of thioether (sulfide) groups is 1. The van der Waals surface area contributed by atoms with Crippen LogP contribution >= 0.6 is 11.8 Å². The summed E-state index contributed by atoms with van der Waals surface area (Å²) in [6.07, 6.45) is 4.71. The summed E-state index contributed by atoms with van der Waals surface area (Å²) in [5.41, 5.74) is 3.91. The number of ether oxygens (including phenoxy) is 1. The number of nitrogens with one attached hydrogen (secondary N) is 1. The molecular weight excluding hydrogens is 496 g/mol. The molecule has 3 saturated heterocycles. The summed E-state index contributed by atoms with van der Waals surface area (Å²) in [5.74, 6) is 5.35. The highest BCUT2D eigenvalue weighted by atomic mass is 32.2. The first-order valence-corrected chi connectivity index (χ1v) is 15.1. The third-order valence-electron chi connectivity index (χ3n) is 8.41. The molecule has 3 aliphatic rings. The molecule has 0 saturated carbocycles. The van der Waals surface area contributed by atoms with Crippen molar-refractivity contribution in [3.63, 3.8) is 0 Å². The van der Waals surface area contributed by atoms with Gasteiger partial charge in [-0.05, 0) is 30.4 Å². The molecule has 0 radical (unpaired) electrons. The molecule has 4 aromatic rings. The standard InChI is InChI=1S/C28H36N8OS/c1-33-24(19-34-8-10-35(11-9-34)20-6-16-38-17-7-20)30-25-27(33)31-26(32-28(25)36-12-14-37-15-13-36)22-18-29-23-5-3-2-4-21(22)23/h2-5,18,20,29H,6-17,19H2,1H3. The highest BCUT2D eigenvalue weighted by molar-refractivity contribution is 7.99. The monoisotopic (exact) mass is 532 g/mol. The first kappa shape index (κ1) is 24.4. The van der Waals surface area contributed by atoms with Crippen LogP contribution < -0.4 is 4.90 Å². The molecular formula is C28H36N8OS. The number of hydrogen-bond donors (Lipinski definition) is 1. The average Bonchev–Trinajstić information content (AvgIpc) is 3.55. The second kappa shape index (κ2) is 10.5. The van der Waals surface area contributed by atoms with Gasteiger partial charge in [-0.2, -0.15) is 11.8 Å². The highest BCUT2D eigenvalue weighted by Gasteiger charge is 2.27. The molecule has 10 heteroatoms. The molecule has 7 rings (SSSR count). The maximum absolute atomic E-state index is 5.65. The Labute approximate surface area is 227 Å². The molecule has 1 aromatic carbocycles. The fraction of sp³-hybridized carbons (Fsp3) is 0.536. The van der Waals surface area contributed by atoms with E-state index < -0.39 is 0 Å². The zero-order valence-corrected chi connectivity index (χ0v) is 22.9. The molecule has 3 fully saturated rings. The maximum Gasteiger partial charge on any atom is 0.166 e. The third kappa shape index (κ3) is 4.57. The van der Waals surface area contributed by atoms with Gasteiger partial charge in [0.05, 0.1) is 19.8 Å². The number of para-hydroxylation sites is 1. The summed E-state index contributed by atoms with van der Waals surface area (Å²) in [6.45, 7) is 8.37. The number of fused-ring (bicyclic) bond motifs is 2. The Morgan fingerprint density at radius 3 is 2.58 bits per heavy atom. The molecule has 0 atom stereocenters. The van der Waals surface area contributed by atoms with Gasteiger partial charge < -0.3 is 19.2 Å². The number of aromatic amines is 1. The molecule has 6 heterocycles. The van der Waals surface area contributed by atoms with Crippen molar-refractivity contribution in [2.45, 2.75) is 25.4 Å². The lowest BCUT2D eigenvalue weighted by Crippen LogP contribution is -2.50. The number of piperazine rings is 1. The van der Waals surface area contributed by atoms with Crippen molar-refractivity contribution in [1.82, 2.24) is 34.3 Å². The Morgan fingerprint density at radius 1 is 0.974 bits per heavy atom. The minimum absolute atomic E-state index is 0.706. The van der Waals surface area contributed by atoms with E-state index in [1.807, 2.05) is 12.3 Å². The van der Waals surface area contributed by atoms with Gasteiger partial charge in [0.1, 0.15) is 5.82 Å². The summed E-state index contributed by atoms with van der Waals surface area (Å²) >= 11 is 2.11. The van der Waals surface area contributed by atoms with E-state index in [4.69, 9.17) is 19.7 Å². The third-order valence-corrected chi connectivity index (χ3v) is 9.46. The zero-order valence-electron chi connectivity index (χ0n) is 22.1. The van der Waals surface area contributed by atoms with Crippen LogP contribution in [0.3, 0.4) is 0 Å². The molecule has 1 N–H and O–H groups in total. The number of nitrogens with zero attached hydrogens (tertiary/aromatic N) is 7. The highest BCUT2D eigenvalue weighted by Crippen LogP contribution is 2.32. The summed E-state index contributed by atoms with van der Waals surface area (Å²) in [5, 5.41) is 1.14. The summed E-state index contributed by atoms with van der Waals surface area (Å²) in [4.78, 5) is 26.4. The van der Waals surface area contributed by atoms with Gasteiger partial charge in [-0.15, -0.1) is 0 Å². The first-order valence-electron chi connectivity index (χ1n) is 13.9. The fourth-order valence-corrected chi connectivity index (χ4v) is 7.22. The van der Waals surface area contributed by atoms with Crippen LogP contribution in [0.1, 0.15) is 18.7 Å². The number of anilines is 1. The van der Waals surface area contributed by atoms with Gasteiger partial charge in [-0.3, -0.25) is 9.80 Å². The van der Waals surface area contributed by atoms with Crippen LogP contribution in [0, 0.1) is 0 Å². The number of rotatable bonds is 5. The van der Waals surface area contributed by atoms with Gasteiger partial charge in [0.15, 0.2) is 22.8 Å². The lowest BCUT2D eigenvalue weighted by atomic mass is 10.1. The Balaban J connectivity index is 1.20. The van der Waals surface area contributed by atoms with E-state index in [0.29, 0.717) is 13.2 Å². The van der Waals surface area contributed by atoms with E-state index in [0.717, 1.165) is 97.0 Å². The van der Waals surface area contributed by atoms with Crippen molar-refractivity contribution in [2.24, 2.45) is 7.05 Å². The van der Waals surface area contributed by atoms with Gasteiger partial charge in [0.25, 0.3) is 0 Å². The second-order valence-corrected chi connectivity index (χ2v) is 11.9. The Hall–Kier alpha value is -2.66. The minimum Gasteiger partial charge on any atom is -0.378 e. The van der Waals surface area contributed by atoms with Crippen LogP contribution in [0.15, 0.2) is 30.5 Å². The average molecular weight is 533 g/mol. The van der Waals surface area contributed by atoms with Crippen LogP contribution in [0.25, 0.3) is 33.5 Å². The van der Waals surface area contributed by atoms with Crippen LogP contribution in [-0.4, -0.2) is 104 Å². The molecule has 0 amide bonds. The van der Waals surface area contributed by atoms with E-state index >= 15 is 0 Å². The van der Waals surface area contributed by atoms with Crippen molar-refractivity contribution in [3.05, 3.63) is 36.3 Å². The number of hydrogen-bond acceptors (Lipinski definition) is 8. The number of aryl methyl sites for hydroxylation is 1. The maximum atomic E-state index is 5.65. The largest absolute Gasteiger partial charge is 0.378 e. The van der Waals surface area contributed by atoms with Crippen molar-refractivity contribution in [2.75, 3.05) is 68.9 Å². The number of aromatic nitrogens is 5. The van der Waals surface area contributed by atoms with Crippen molar-refractivity contribution in [1.29, 1.82) is 0 Å². The molecule has 0 bridgehead atoms. The summed E-state index contributed by atoms with van der Waals surface area (Å²) < 4.78 is 7.83. The molecule has 200 valence electrons. The predicted molar refractivity (Wildman–Crippen MR) is 154 cm³/mol.